The van der Waals surface area contributed by atoms with Crippen molar-refractivity contribution >= 4 is 24.8 Å². The number of nitrogens with zero attached hydrogens (tertiary/aromatic N) is 1. The number of aryl methyl sites for hydroxylation is 1. The molecule has 3 nitrogen and oxygen atoms in total. The highest BCUT2D eigenvalue weighted by Crippen LogP contribution is 2.30. The molecule has 19 heavy (non-hydrogen) atoms. The van der Waals surface area contributed by atoms with Crippen LogP contribution in [0, 0.1) is 6.92 Å². The fourth-order valence-corrected chi connectivity index (χ4v) is 2.34. The number of aromatic hydroxyl groups is 1. The number of piperazine rings is 1. The second-order valence-electron chi connectivity index (χ2n) is 4.53. The summed E-state index contributed by atoms with van der Waals surface area (Å²) in [5.41, 5.74) is 2.13. The quantitative estimate of drug-likeness (QED) is 0.843. The van der Waals surface area contributed by atoms with Gasteiger partial charge in [0.05, 0.1) is 6.04 Å². The maximum atomic E-state index is 9.98. The van der Waals surface area contributed by atoms with Crippen LogP contribution in [0.25, 0.3) is 0 Å². The molecule has 108 valence electrons. The molecule has 0 amide bonds. The van der Waals surface area contributed by atoms with E-state index in [1.54, 1.807) is 6.07 Å². The third-order valence-electron chi connectivity index (χ3n) is 3.27. The topological polar surface area (TPSA) is 35.5 Å². The lowest BCUT2D eigenvalue weighted by Crippen LogP contribution is -2.44. The number of hydrogen-bond acceptors (Lipinski definition) is 3. The van der Waals surface area contributed by atoms with Gasteiger partial charge in [0, 0.05) is 31.7 Å². The first-order chi connectivity index (χ1) is 8.22. The van der Waals surface area contributed by atoms with Crippen LogP contribution in [-0.4, -0.2) is 36.2 Å². The van der Waals surface area contributed by atoms with Gasteiger partial charge in [-0.15, -0.1) is 31.4 Å². The molecule has 1 aliphatic heterocycles. The molecule has 0 radical (unpaired) electrons. The summed E-state index contributed by atoms with van der Waals surface area (Å²) in [6.45, 7) is 9.93. The van der Waals surface area contributed by atoms with Crippen molar-refractivity contribution in [2.45, 2.75) is 13.0 Å². The van der Waals surface area contributed by atoms with E-state index in [1.807, 2.05) is 25.1 Å². The van der Waals surface area contributed by atoms with Gasteiger partial charge in [-0.1, -0.05) is 23.8 Å². The molecule has 1 aromatic carbocycles. The second kappa shape index (κ2) is 8.43. The molecule has 1 aliphatic rings. The summed E-state index contributed by atoms with van der Waals surface area (Å²) < 4.78 is 0. The summed E-state index contributed by atoms with van der Waals surface area (Å²) in [5.74, 6) is 0.360. The van der Waals surface area contributed by atoms with E-state index in [1.165, 1.54) is 5.56 Å². The van der Waals surface area contributed by atoms with E-state index in [2.05, 4.69) is 16.8 Å². The Hall–Kier alpha value is -0.740. The summed E-state index contributed by atoms with van der Waals surface area (Å²) in [4.78, 5) is 2.35. The number of benzene rings is 1. The molecule has 0 saturated carbocycles. The number of phenolic OH excluding ortho intramolecular Hbond substituents is 1. The standard InChI is InChI=1S/C14H20N2O.2ClH/c1-3-13(16-8-6-15-7-9-16)12-10-11(2)4-5-14(12)17;;/h3-5,10,13,15,17H,1,6-9H2,2H3;2*1H/t13-;;/m1../s1. The van der Waals surface area contributed by atoms with Gasteiger partial charge < -0.3 is 10.4 Å². The van der Waals surface area contributed by atoms with Crippen molar-refractivity contribution in [2.24, 2.45) is 0 Å². The van der Waals surface area contributed by atoms with E-state index in [0.29, 0.717) is 5.75 Å². The zero-order valence-corrected chi connectivity index (χ0v) is 12.8. The maximum Gasteiger partial charge on any atom is 0.120 e. The van der Waals surface area contributed by atoms with Crippen molar-refractivity contribution in [3.05, 3.63) is 42.0 Å². The highest BCUT2D eigenvalue weighted by atomic mass is 35.5. The van der Waals surface area contributed by atoms with Crippen molar-refractivity contribution in [3.8, 4) is 5.75 Å². The molecule has 1 aromatic rings. The average Bonchev–Trinajstić information content (AvgIpc) is 2.36. The van der Waals surface area contributed by atoms with Gasteiger partial charge in [0.1, 0.15) is 5.75 Å². The van der Waals surface area contributed by atoms with Crippen LogP contribution in [0.2, 0.25) is 0 Å². The lowest BCUT2D eigenvalue weighted by Gasteiger charge is -2.33. The number of nitrogens with one attached hydrogen (secondary N) is 1. The molecule has 1 atom stereocenters. The summed E-state index contributed by atoms with van der Waals surface area (Å²) >= 11 is 0. The van der Waals surface area contributed by atoms with E-state index < -0.39 is 0 Å². The third-order valence-corrected chi connectivity index (χ3v) is 3.27. The Balaban J connectivity index is 0.00000162. The van der Waals surface area contributed by atoms with Crippen molar-refractivity contribution in [2.75, 3.05) is 26.2 Å². The fraction of sp³-hybridized carbons (Fsp3) is 0.429. The monoisotopic (exact) mass is 304 g/mol. The Morgan fingerprint density at radius 2 is 1.95 bits per heavy atom. The van der Waals surface area contributed by atoms with Crippen LogP contribution < -0.4 is 5.32 Å². The van der Waals surface area contributed by atoms with Gasteiger partial charge in [0.2, 0.25) is 0 Å². The van der Waals surface area contributed by atoms with E-state index in [-0.39, 0.29) is 30.9 Å². The largest absolute Gasteiger partial charge is 0.508 e. The van der Waals surface area contributed by atoms with Crippen molar-refractivity contribution in [1.29, 1.82) is 0 Å². The maximum absolute atomic E-state index is 9.98. The Kier molecular flexibility index (Phi) is 8.11. The van der Waals surface area contributed by atoms with Gasteiger partial charge in [-0.2, -0.15) is 0 Å². The second-order valence-corrected chi connectivity index (χ2v) is 4.53. The van der Waals surface area contributed by atoms with Crippen molar-refractivity contribution in [1.82, 2.24) is 10.2 Å². The molecule has 0 unspecified atom stereocenters. The minimum absolute atomic E-state index is 0. The van der Waals surface area contributed by atoms with Gasteiger partial charge in [-0.25, -0.2) is 0 Å². The van der Waals surface area contributed by atoms with Crippen molar-refractivity contribution < 1.29 is 5.11 Å². The first-order valence-corrected chi connectivity index (χ1v) is 6.09. The summed E-state index contributed by atoms with van der Waals surface area (Å²) in [5, 5.41) is 13.3. The molecule has 0 bridgehead atoms. The molecule has 0 aliphatic carbocycles. The van der Waals surface area contributed by atoms with Gasteiger partial charge in [-0.05, 0) is 13.0 Å². The molecule has 1 saturated heterocycles. The molecular weight excluding hydrogens is 283 g/mol. The van der Waals surface area contributed by atoms with Crippen LogP contribution in [0.3, 0.4) is 0 Å². The molecule has 1 heterocycles. The van der Waals surface area contributed by atoms with Gasteiger partial charge in [-0.3, -0.25) is 4.90 Å². The zero-order chi connectivity index (χ0) is 12.3. The smallest absolute Gasteiger partial charge is 0.120 e. The molecular formula is C14H22Cl2N2O. The number of halogens is 2. The van der Waals surface area contributed by atoms with Crippen LogP contribution in [0.5, 0.6) is 5.75 Å². The third kappa shape index (κ3) is 4.39. The lowest BCUT2D eigenvalue weighted by molar-refractivity contribution is 0.201. The van der Waals surface area contributed by atoms with Crippen LogP contribution in [-0.2, 0) is 0 Å². The van der Waals surface area contributed by atoms with Gasteiger partial charge in [0.15, 0.2) is 0 Å². The van der Waals surface area contributed by atoms with Crippen LogP contribution in [0.15, 0.2) is 30.9 Å². The van der Waals surface area contributed by atoms with E-state index in [0.717, 1.165) is 31.7 Å². The Morgan fingerprint density at radius 1 is 1.32 bits per heavy atom. The van der Waals surface area contributed by atoms with Crippen LogP contribution in [0.1, 0.15) is 17.2 Å². The molecule has 2 rings (SSSR count). The summed E-state index contributed by atoms with van der Waals surface area (Å²) in [6.07, 6.45) is 1.92. The zero-order valence-electron chi connectivity index (χ0n) is 11.1. The van der Waals surface area contributed by atoms with Gasteiger partial charge >= 0.3 is 0 Å². The van der Waals surface area contributed by atoms with E-state index in [4.69, 9.17) is 0 Å². The average molecular weight is 305 g/mol. The normalized spacial score (nSPS) is 16.9. The highest BCUT2D eigenvalue weighted by Gasteiger charge is 2.21. The molecule has 5 heteroatoms. The predicted octanol–water partition coefficient (Wildman–Crippen LogP) is 2.68. The first kappa shape index (κ1) is 18.3. The predicted molar refractivity (Wildman–Crippen MR) is 84.7 cm³/mol. The summed E-state index contributed by atoms with van der Waals surface area (Å²) in [6, 6.07) is 5.85. The Bertz CT molecular complexity index is 406. The minimum Gasteiger partial charge on any atom is -0.508 e. The van der Waals surface area contributed by atoms with E-state index >= 15 is 0 Å². The molecule has 2 N–H and O–H groups in total. The van der Waals surface area contributed by atoms with Crippen LogP contribution >= 0.6 is 24.8 Å². The molecule has 1 fully saturated rings. The Morgan fingerprint density at radius 3 is 2.53 bits per heavy atom. The SMILES string of the molecule is C=C[C@H](c1cc(C)ccc1O)N1CCNCC1.Cl.Cl. The van der Waals surface area contributed by atoms with Crippen LogP contribution in [0.4, 0.5) is 0 Å². The highest BCUT2D eigenvalue weighted by molar-refractivity contribution is 5.85. The summed E-state index contributed by atoms with van der Waals surface area (Å²) in [7, 11) is 0. The fourth-order valence-electron chi connectivity index (χ4n) is 2.34. The molecule has 0 aromatic heterocycles. The molecule has 0 spiro atoms. The number of phenols is 1. The Labute approximate surface area is 127 Å². The first-order valence-electron chi connectivity index (χ1n) is 6.09. The van der Waals surface area contributed by atoms with Crippen molar-refractivity contribution in [3.63, 3.8) is 0 Å². The number of rotatable bonds is 3. The van der Waals surface area contributed by atoms with E-state index in [9.17, 15) is 5.11 Å². The van der Waals surface area contributed by atoms with Gasteiger partial charge in [0.25, 0.3) is 0 Å². The number of hydrogen-bond donors (Lipinski definition) is 2. The minimum atomic E-state index is 0. The lowest BCUT2D eigenvalue weighted by atomic mass is 10.0.